The highest BCUT2D eigenvalue weighted by Gasteiger charge is 2.19. The first-order valence-electron chi connectivity index (χ1n) is 5.77. The first kappa shape index (κ1) is 12.1. The summed E-state index contributed by atoms with van der Waals surface area (Å²) in [5.74, 6) is -1.02. The maximum absolute atomic E-state index is 11.9. The van der Waals surface area contributed by atoms with Gasteiger partial charge in [0.15, 0.2) is 0 Å². The predicted octanol–water partition coefficient (Wildman–Crippen LogP) is 1.83. The summed E-state index contributed by atoms with van der Waals surface area (Å²) in [5.41, 5.74) is 1.92. The van der Waals surface area contributed by atoms with E-state index in [1.165, 1.54) is 16.9 Å². The van der Waals surface area contributed by atoms with Crippen LogP contribution in [0.1, 0.15) is 40.1 Å². The SMILES string of the molecule is O=C(O)CCNC(=O)c1csc2c1CCCC2. The van der Waals surface area contributed by atoms with Crippen molar-refractivity contribution in [2.24, 2.45) is 0 Å². The highest BCUT2D eigenvalue weighted by molar-refractivity contribution is 7.10. The van der Waals surface area contributed by atoms with Crippen LogP contribution >= 0.6 is 11.3 Å². The molecule has 0 saturated carbocycles. The zero-order chi connectivity index (χ0) is 12.3. The Morgan fingerprint density at radius 2 is 2.12 bits per heavy atom. The minimum Gasteiger partial charge on any atom is -0.481 e. The van der Waals surface area contributed by atoms with E-state index in [9.17, 15) is 9.59 Å². The fourth-order valence-electron chi connectivity index (χ4n) is 2.06. The first-order chi connectivity index (χ1) is 8.18. The Bertz CT molecular complexity index is 439. The average Bonchev–Trinajstić information content (AvgIpc) is 2.72. The van der Waals surface area contributed by atoms with Gasteiger partial charge in [0.1, 0.15) is 0 Å². The lowest BCUT2D eigenvalue weighted by Gasteiger charge is -2.12. The van der Waals surface area contributed by atoms with Crippen LogP contribution in [0.2, 0.25) is 0 Å². The van der Waals surface area contributed by atoms with E-state index in [0.29, 0.717) is 0 Å². The van der Waals surface area contributed by atoms with Crippen molar-refractivity contribution in [3.05, 3.63) is 21.4 Å². The van der Waals surface area contributed by atoms with Crippen LogP contribution in [0.25, 0.3) is 0 Å². The molecule has 0 spiro atoms. The predicted molar refractivity (Wildman–Crippen MR) is 65.5 cm³/mol. The van der Waals surface area contributed by atoms with Gasteiger partial charge in [0.05, 0.1) is 12.0 Å². The molecule has 0 saturated heterocycles. The van der Waals surface area contributed by atoms with E-state index in [4.69, 9.17) is 5.11 Å². The number of aliphatic carboxylic acids is 1. The molecule has 17 heavy (non-hydrogen) atoms. The summed E-state index contributed by atoms with van der Waals surface area (Å²) < 4.78 is 0. The van der Waals surface area contributed by atoms with Crippen molar-refractivity contribution in [3.63, 3.8) is 0 Å². The van der Waals surface area contributed by atoms with Crippen molar-refractivity contribution in [2.75, 3.05) is 6.54 Å². The second-order valence-electron chi connectivity index (χ2n) is 4.16. The Kier molecular flexibility index (Phi) is 3.78. The van der Waals surface area contributed by atoms with Crippen LogP contribution in [0.3, 0.4) is 0 Å². The van der Waals surface area contributed by atoms with E-state index in [2.05, 4.69) is 5.32 Å². The number of carboxylic acids is 1. The van der Waals surface area contributed by atoms with Gasteiger partial charge in [-0.05, 0) is 31.2 Å². The zero-order valence-corrected chi connectivity index (χ0v) is 10.3. The van der Waals surface area contributed by atoms with Crippen LogP contribution in [0, 0.1) is 0 Å². The maximum atomic E-state index is 11.9. The Morgan fingerprint density at radius 1 is 1.35 bits per heavy atom. The van der Waals surface area contributed by atoms with Gasteiger partial charge in [-0.15, -0.1) is 11.3 Å². The topological polar surface area (TPSA) is 66.4 Å². The molecular formula is C12H15NO3S. The quantitative estimate of drug-likeness (QED) is 0.860. The standard InChI is InChI=1S/C12H15NO3S/c14-11(15)5-6-13-12(16)9-7-17-10-4-2-1-3-8(9)10/h7H,1-6H2,(H,13,16)(H,14,15). The van der Waals surface area contributed by atoms with Gasteiger partial charge in [-0.3, -0.25) is 9.59 Å². The highest BCUT2D eigenvalue weighted by Crippen LogP contribution is 2.29. The Hall–Kier alpha value is -1.36. The van der Waals surface area contributed by atoms with Gasteiger partial charge in [0, 0.05) is 16.8 Å². The molecule has 0 bridgehead atoms. The van der Waals surface area contributed by atoms with Gasteiger partial charge in [0.2, 0.25) is 0 Å². The molecule has 2 N–H and O–H groups in total. The van der Waals surface area contributed by atoms with Gasteiger partial charge in [0.25, 0.3) is 5.91 Å². The number of carboxylic acid groups (broad SMARTS) is 1. The number of amides is 1. The lowest BCUT2D eigenvalue weighted by Crippen LogP contribution is -2.26. The molecule has 1 amide bonds. The second-order valence-corrected chi connectivity index (χ2v) is 5.12. The summed E-state index contributed by atoms with van der Waals surface area (Å²) in [6, 6.07) is 0. The summed E-state index contributed by atoms with van der Waals surface area (Å²) >= 11 is 1.64. The average molecular weight is 253 g/mol. The third-order valence-corrected chi connectivity index (χ3v) is 4.02. The number of thiophene rings is 1. The number of aryl methyl sites for hydroxylation is 1. The van der Waals surface area contributed by atoms with Gasteiger partial charge in [-0.1, -0.05) is 0 Å². The zero-order valence-electron chi connectivity index (χ0n) is 9.49. The molecule has 0 aliphatic heterocycles. The van der Waals surface area contributed by atoms with Crippen LogP contribution in [-0.4, -0.2) is 23.5 Å². The number of rotatable bonds is 4. The molecule has 1 aromatic heterocycles. The second kappa shape index (κ2) is 5.31. The first-order valence-corrected chi connectivity index (χ1v) is 6.65. The number of nitrogens with one attached hydrogen (secondary N) is 1. The number of carbonyl (C=O) groups excluding carboxylic acids is 1. The van der Waals surface area contributed by atoms with Crippen molar-refractivity contribution in [2.45, 2.75) is 32.1 Å². The third kappa shape index (κ3) is 2.85. The fraction of sp³-hybridized carbons (Fsp3) is 0.500. The van der Waals surface area contributed by atoms with Crippen molar-refractivity contribution in [3.8, 4) is 0 Å². The molecule has 0 atom stereocenters. The summed E-state index contributed by atoms with van der Waals surface area (Å²) in [6.07, 6.45) is 4.35. The molecule has 4 nitrogen and oxygen atoms in total. The Morgan fingerprint density at radius 3 is 2.88 bits per heavy atom. The monoisotopic (exact) mass is 253 g/mol. The lowest BCUT2D eigenvalue weighted by atomic mass is 9.96. The smallest absolute Gasteiger partial charge is 0.305 e. The molecule has 0 unspecified atom stereocenters. The molecule has 1 aliphatic rings. The summed E-state index contributed by atoms with van der Waals surface area (Å²) in [7, 11) is 0. The Labute approximate surface area is 104 Å². The van der Waals surface area contributed by atoms with E-state index < -0.39 is 5.97 Å². The highest BCUT2D eigenvalue weighted by atomic mass is 32.1. The normalized spacial score (nSPS) is 14.1. The fourth-order valence-corrected chi connectivity index (χ4v) is 3.19. The summed E-state index contributed by atoms with van der Waals surface area (Å²) in [4.78, 5) is 23.5. The van der Waals surface area contributed by atoms with Gasteiger partial charge in [-0.2, -0.15) is 0 Å². The van der Waals surface area contributed by atoms with E-state index >= 15 is 0 Å². The Balaban J connectivity index is 1.99. The van der Waals surface area contributed by atoms with Crippen molar-refractivity contribution in [1.82, 2.24) is 5.32 Å². The molecule has 2 rings (SSSR count). The van der Waals surface area contributed by atoms with Gasteiger partial charge in [-0.25, -0.2) is 0 Å². The maximum Gasteiger partial charge on any atom is 0.305 e. The van der Waals surface area contributed by atoms with E-state index in [1.54, 1.807) is 11.3 Å². The van der Waals surface area contributed by atoms with Crippen LogP contribution in [0.15, 0.2) is 5.38 Å². The summed E-state index contributed by atoms with van der Waals surface area (Å²) in [5, 5.41) is 13.0. The van der Waals surface area contributed by atoms with E-state index in [-0.39, 0.29) is 18.9 Å². The largest absolute Gasteiger partial charge is 0.481 e. The molecule has 0 radical (unpaired) electrons. The third-order valence-electron chi connectivity index (χ3n) is 2.93. The van der Waals surface area contributed by atoms with Crippen LogP contribution < -0.4 is 5.32 Å². The van der Waals surface area contributed by atoms with Crippen molar-refractivity contribution < 1.29 is 14.7 Å². The molecule has 92 valence electrons. The lowest BCUT2D eigenvalue weighted by molar-refractivity contribution is -0.136. The molecule has 0 aromatic carbocycles. The van der Waals surface area contributed by atoms with Crippen LogP contribution in [-0.2, 0) is 17.6 Å². The number of carbonyl (C=O) groups is 2. The number of hydrogen-bond donors (Lipinski definition) is 2. The molecule has 0 fully saturated rings. The van der Waals surface area contributed by atoms with Crippen molar-refractivity contribution >= 4 is 23.2 Å². The molecule has 1 aromatic rings. The van der Waals surface area contributed by atoms with Crippen LogP contribution in [0.4, 0.5) is 0 Å². The number of hydrogen-bond acceptors (Lipinski definition) is 3. The van der Waals surface area contributed by atoms with Crippen LogP contribution in [0.5, 0.6) is 0 Å². The minimum atomic E-state index is -0.891. The minimum absolute atomic E-state index is 0.0297. The summed E-state index contributed by atoms with van der Waals surface area (Å²) in [6.45, 7) is 0.193. The van der Waals surface area contributed by atoms with E-state index in [1.807, 2.05) is 5.38 Å². The number of fused-ring (bicyclic) bond motifs is 1. The molecule has 5 heteroatoms. The van der Waals surface area contributed by atoms with Gasteiger partial charge >= 0.3 is 5.97 Å². The molecule has 1 heterocycles. The van der Waals surface area contributed by atoms with Gasteiger partial charge < -0.3 is 10.4 Å². The molecular weight excluding hydrogens is 238 g/mol. The van der Waals surface area contributed by atoms with Crippen molar-refractivity contribution in [1.29, 1.82) is 0 Å². The molecule has 1 aliphatic carbocycles. The van der Waals surface area contributed by atoms with E-state index in [0.717, 1.165) is 24.8 Å².